The predicted octanol–water partition coefficient (Wildman–Crippen LogP) is 2.55. The average Bonchev–Trinajstić information content (AvgIpc) is 2.72. The van der Waals surface area contributed by atoms with Gasteiger partial charge in [-0.15, -0.1) is 0 Å². The molecule has 0 saturated heterocycles. The summed E-state index contributed by atoms with van der Waals surface area (Å²) in [7, 11) is 6.37. The summed E-state index contributed by atoms with van der Waals surface area (Å²) in [5, 5.41) is 3.47. The van der Waals surface area contributed by atoms with E-state index in [1.807, 2.05) is 6.26 Å². The summed E-state index contributed by atoms with van der Waals surface area (Å²) in [4.78, 5) is 4.53. The van der Waals surface area contributed by atoms with Crippen molar-refractivity contribution in [1.82, 2.24) is 15.1 Å². The molecule has 1 aromatic heterocycles. The topological polar surface area (TPSA) is 31.6 Å². The second kappa shape index (κ2) is 7.81. The zero-order chi connectivity index (χ0) is 15.2. The molecule has 0 aromatic carbocycles. The summed E-state index contributed by atoms with van der Waals surface area (Å²) in [5.74, 6) is 1.04. The average molecular weight is 281 g/mol. The first kappa shape index (κ1) is 17.2. The van der Waals surface area contributed by atoms with Crippen LogP contribution in [0.15, 0.2) is 16.7 Å². The molecule has 0 fully saturated rings. The van der Waals surface area contributed by atoms with Crippen LogP contribution >= 0.6 is 0 Å². The maximum atomic E-state index is 5.64. The van der Waals surface area contributed by atoms with Gasteiger partial charge in [-0.2, -0.15) is 0 Å². The zero-order valence-corrected chi connectivity index (χ0v) is 14.0. The van der Waals surface area contributed by atoms with Crippen molar-refractivity contribution in [3.05, 3.63) is 23.7 Å². The molecule has 0 aliphatic rings. The van der Waals surface area contributed by atoms with Gasteiger partial charge in [0.25, 0.3) is 0 Å². The SMILES string of the molecule is CN(C)CCCN(C)Cc1cc(CNC(C)(C)C)co1. The Bertz CT molecular complexity index is 379. The molecule has 0 aliphatic carbocycles. The molecule has 0 spiro atoms. The summed E-state index contributed by atoms with van der Waals surface area (Å²) in [6, 6.07) is 2.15. The lowest BCUT2D eigenvalue weighted by atomic mass is 10.1. The van der Waals surface area contributed by atoms with Crippen molar-refractivity contribution >= 4 is 0 Å². The number of hydrogen-bond donors (Lipinski definition) is 1. The fourth-order valence-electron chi connectivity index (χ4n) is 1.97. The van der Waals surface area contributed by atoms with E-state index in [1.165, 1.54) is 12.0 Å². The fourth-order valence-corrected chi connectivity index (χ4v) is 1.97. The molecule has 0 unspecified atom stereocenters. The minimum atomic E-state index is 0.139. The van der Waals surface area contributed by atoms with Crippen LogP contribution in [-0.4, -0.2) is 49.6 Å². The van der Waals surface area contributed by atoms with E-state index >= 15 is 0 Å². The van der Waals surface area contributed by atoms with Crippen LogP contribution < -0.4 is 5.32 Å². The normalized spacial score (nSPS) is 12.6. The van der Waals surface area contributed by atoms with E-state index in [0.717, 1.165) is 31.9 Å². The molecule has 0 bridgehead atoms. The number of furan rings is 1. The summed E-state index contributed by atoms with van der Waals surface area (Å²) < 4.78 is 5.64. The highest BCUT2D eigenvalue weighted by atomic mass is 16.3. The Balaban J connectivity index is 2.32. The van der Waals surface area contributed by atoms with Crippen LogP contribution in [0.5, 0.6) is 0 Å². The lowest BCUT2D eigenvalue weighted by Gasteiger charge is -2.19. The number of nitrogens with zero attached hydrogens (tertiary/aromatic N) is 2. The van der Waals surface area contributed by atoms with Crippen molar-refractivity contribution in [3.63, 3.8) is 0 Å². The van der Waals surface area contributed by atoms with E-state index in [9.17, 15) is 0 Å². The van der Waals surface area contributed by atoms with Gasteiger partial charge in [0.1, 0.15) is 5.76 Å². The van der Waals surface area contributed by atoms with E-state index in [1.54, 1.807) is 0 Å². The van der Waals surface area contributed by atoms with Crippen molar-refractivity contribution in [3.8, 4) is 0 Å². The highest BCUT2D eigenvalue weighted by Crippen LogP contribution is 2.11. The lowest BCUT2D eigenvalue weighted by Crippen LogP contribution is -2.34. The van der Waals surface area contributed by atoms with Gasteiger partial charge in [-0.05, 0) is 67.5 Å². The summed E-state index contributed by atoms with van der Waals surface area (Å²) in [6.45, 7) is 10.5. The Morgan fingerprint density at radius 3 is 2.45 bits per heavy atom. The van der Waals surface area contributed by atoms with Gasteiger partial charge in [0.05, 0.1) is 12.8 Å². The number of rotatable bonds is 8. The first-order chi connectivity index (χ1) is 9.26. The quantitative estimate of drug-likeness (QED) is 0.793. The number of hydrogen-bond acceptors (Lipinski definition) is 4. The summed E-state index contributed by atoms with van der Waals surface area (Å²) in [6.07, 6.45) is 3.05. The molecule has 1 heterocycles. The van der Waals surface area contributed by atoms with Crippen LogP contribution in [0, 0.1) is 0 Å². The van der Waals surface area contributed by atoms with Gasteiger partial charge < -0.3 is 14.6 Å². The number of nitrogens with one attached hydrogen (secondary N) is 1. The molecule has 4 nitrogen and oxygen atoms in total. The molecule has 0 saturated carbocycles. The van der Waals surface area contributed by atoms with E-state index < -0.39 is 0 Å². The maximum Gasteiger partial charge on any atom is 0.118 e. The smallest absolute Gasteiger partial charge is 0.118 e. The largest absolute Gasteiger partial charge is 0.468 e. The Morgan fingerprint density at radius 2 is 1.85 bits per heavy atom. The molecule has 1 N–H and O–H groups in total. The molecule has 4 heteroatoms. The molecule has 20 heavy (non-hydrogen) atoms. The van der Waals surface area contributed by atoms with E-state index in [-0.39, 0.29) is 5.54 Å². The third-order valence-electron chi connectivity index (χ3n) is 3.10. The van der Waals surface area contributed by atoms with Crippen molar-refractivity contribution in [2.24, 2.45) is 0 Å². The van der Waals surface area contributed by atoms with Crippen LogP contribution in [0.25, 0.3) is 0 Å². The zero-order valence-electron chi connectivity index (χ0n) is 14.0. The van der Waals surface area contributed by atoms with Crippen molar-refractivity contribution in [1.29, 1.82) is 0 Å². The Labute approximate surface area is 124 Å². The van der Waals surface area contributed by atoms with Gasteiger partial charge in [0.2, 0.25) is 0 Å². The predicted molar refractivity (Wildman–Crippen MR) is 84.8 cm³/mol. The standard InChI is InChI=1S/C16H31N3O/c1-16(2,3)17-11-14-10-15(20-13-14)12-19(6)9-7-8-18(4)5/h10,13,17H,7-9,11-12H2,1-6H3. The van der Waals surface area contributed by atoms with Crippen LogP contribution in [0.4, 0.5) is 0 Å². The van der Waals surface area contributed by atoms with Gasteiger partial charge in [-0.3, -0.25) is 4.90 Å². The first-order valence-electron chi connectivity index (χ1n) is 7.41. The van der Waals surface area contributed by atoms with Crippen molar-refractivity contribution in [2.45, 2.75) is 45.8 Å². The third kappa shape index (κ3) is 7.68. The highest BCUT2D eigenvalue weighted by molar-refractivity contribution is 5.12. The van der Waals surface area contributed by atoms with Crippen LogP contribution in [0.1, 0.15) is 38.5 Å². The highest BCUT2D eigenvalue weighted by Gasteiger charge is 2.10. The second-order valence-electron chi connectivity index (χ2n) is 6.92. The van der Waals surface area contributed by atoms with Gasteiger partial charge >= 0.3 is 0 Å². The molecule has 0 radical (unpaired) electrons. The lowest BCUT2D eigenvalue weighted by molar-refractivity contribution is 0.273. The van der Waals surface area contributed by atoms with Crippen LogP contribution in [0.2, 0.25) is 0 Å². The minimum absolute atomic E-state index is 0.139. The maximum absolute atomic E-state index is 5.64. The first-order valence-corrected chi connectivity index (χ1v) is 7.41. The Kier molecular flexibility index (Phi) is 6.72. The molecule has 1 rings (SSSR count). The van der Waals surface area contributed by atoms with Crippen LogP contribution in [-0.2, 0) is 13.1 Å². The minimum Gasteiger partial charge on any atom is -0.468 e. The molecular weight excluding hydrogens is 250 g/mol. The molecule has 116 valence electrons. The Morgan fingerprint density at radius 1 is 1.15 bits per heavy atom. The van der Waals surface area contributed by atoms with E-state index in [4.69, 9.17) is 4.42 Å². The summed E-state index contributed by atoms with van der Waals surface area (Å²) in [5.41, 5.74) is 1.36. The summed E-state index contributed by atoms with van der Waals surface area (Å²) >= 11 is 0. The molecule has 0 aliphatic heterocycles. The van der Waals surface area contributed by atoms with Gasteiger partial charge in [-0.1, -0.05) is 0 Å². The molecule has 0 amide bonds. The molecule has 0 atom stereocenters. The van der Waals surface area contributed by atoms with Crippen LogP contribution in [0.3, 0.4) is 0 Å². The second-order valence-corrected chi connectivity index (χ2v) is 6.92. The third-order valence-corrected chi connectivity index (χ3v) is 3.10. The molecular formula is C16H31N3O. The van der Waals surface area contributed by atoms with Gasteiger partial charge in [0.15, 0.2) is 0 Å². The van der Waals surface area contributed by atoms with E-state index in [2.05, 4.69) is 63.1 Å². The van der Waals surface area contributed by atoms with Crippen molar-refractivity contribution < 1.29 is 4.42 Å². The van der Waals surface area contributed by atoms with E-state index in [0.29, 0.717) is 0 Å². The fraction of sp³-hybridized carbons (Fsp3) is 0.750. The molecule has 1 aromatic rings. The van der Waals surface area contributed by atoms with Crippen molar-refractivity contribution in [2.75, 3.05) is 34.2 Å². The monoisotopic (exact) mass is 281 g/mol. The van der Waals surface area contributed by atoms with Gasteiger partial charge in [0, 0.05) is 17.6 Å². The van der Waals surface area contributed by atoms with Gasteiger partial charge in [-0.25, -0.2) is 0 Å². The Hall–Kier alpha value is -0.840.